The van der Waals surface area contributed by atoms with E-state index in [2.05, 4.69) is 0 Å². The molecule has 14 heavy (non-hydrogen) atoms. The minimum atomic E-state index is -0.303. The molecule has 1 rings (SSSR count). The summed E-state index contributed by atoms with van der Waals surface area (Å²) < 4.78 is 4.90. The highest BCUT2D eigenvalue weighted by molar-refractivity contribution is 5.75. The standard InChI is InChI=1S/C11H14O3/c1-8-3-4-10(6-12)11(5-8)7-14-9(2)13/h3-4,6,11H,5,7H2,1-2H3. The van der Waals surface area contributed by atoms with Crippen molar-refractivity contribution in [2.75, 3.05) is 6.61 Å². The van der Waals surface area contributed by atoms with Crippen LogP contribution in [0.25, 0.3) is 0 Å². The van der Waals surface area contributed by atoms with Gasteiger partial charge in [0.25, 0.3) is 0 Å². The van der Waals surface area contributed by atoms with Crippen LogP contribution in [0, 0.1) is 5.92 Å². The van der Waals surface area contributed by atoms with Crippen molar-refractivity contribution in [1.82, 2.24) is 0 Å². The van der Waals surface area contributed by atoms with E-state index < -0.39 is 0 Å². The normalized spacial score (nSPS) is 20.9. The van der Waals surface area contributed by atoms with Gasteiger partial charge in [-0.3, -0.25) is 9.59 Å². The van der Waals surface area contributed by atoms with Crippen molar-refractivity contribution in [3.63, 3.8) is 0 Å². The molecule has 0 aromatic heterocycles. The number of hydrogen-bond acceptors (Lipinski definition) is 3. The Balaban J connectivity index is 2.60. The zero-order chi connectivity index (χ0) is 10.6. The number of carbonyl (C=O) groups is 2. The van der Waals surface area contributed by atoms with E-state index in [0.29, 0.717) is 12.2 Å². The first-order chi connectivity index (χ1) is 6.63. The van der Waals surface area contributed by atoms with Crippen LogP contribution in [0.2, 0.25) is 0 Å². The van der Waals surface area contributed by atoms with Crippen LogP contribution in [0.15, 0.2) is 23.3 Å². The molecule has 0 saturated carbocycles. The maximum Gasteiger partial charge on any atom is 0.302 e. The SMILES string of the molecule is CC(=O)OCC1CC(C)=CC=C1C=O. The Morgan fingerprint density at radius 1 is 1.64 bits per heavy atom. The zero-order valence-corrected chi connectivity index (χ0v) is 8.45. The molecule has 0 bridgehead atoms. The third-order valence-electron chi connectivity index (χ3n) is 2.22. The molecule has 0 spiro atoms. The van der Waals surface area contributed by atoms with Crippen molar-refractivity contribution < 1.29 is 14.3 Å². The summed E-state index contributed by atoms with van der Waals surface area (Å²) in [6.45, 7) is 3.67. The molecular formula is C11H14O3. The molecular weight excluding hydrogens is 180 g/mol. The molecule has 1 aliphatic carbocycles. The fourth-order valence-corrected chi connectivity index (χ4v) is 1.46. The van der Waals surface area contributed by atoms with Gasteiger partial charge in [-0.25, -0.2) is 0 Å². The average molecular weight is 194 g/mol. The number of ether oxygens (including phenoxy) is 1. The van der Waals surface area contributed by atoms with Gasteiger partial charge in [0.05, 0.1) is 6.61 Å². The fraction of sp³-hybridized carbons (Fsp3) is 0.455. The molecule has 0 fully saturated rings. The second-order valence-electron chi connectivity index (χ2n) is 3.50. The van der Waals surface area contributed by atoms with E-state index in [-0.39, 0.29) is 11.9 Å². The van der Waals surface area contributed by atoms with Gasteiger partial charge in [0.1, 0.15) is 6.29 Å². The lowest BCUT2D eigenvalue weighted by molar-refractivity contribution is -0.142. The Bertz CT molecular complexity index is 300. The molecule has 0 saturated heterocycles. The van der Waals surface area contributed by atoms with Crippen LogP contribution in [0.1, 0.15) is 20.3 Å². The van der Waals surface area contributed by atoms with Crippen LogP contribution >= 0.6 is 0 Å². The predicted octanol–water partition coefficient (Wildman–Crippen LogP) is 1.64. The summed E-state index contributed by atoms with van der Waals surface area (Å²) in [7, 11) is 0. The Hall–Kier alpha value is -1.38. The quantitative estimate of drug-likeness (QED) is 0.506. The summed E-state index contributed by atoms with van der Waals surface area (Å²) in [6, 6.07) is 0. The summed E-state index contributed by atoms with van der Waals surface area (Å²) in [5, 5.41) is 0. The minimum Gasteiger partial charge on any atom is -0.465 e. The van der Waals surface area contributed by atoms with Crippen molar-refractivity contribution in [3.05, 3.63) is 23.3 Å². The number of esters is 1. The summed E-state index contributed by atoms with van der Waals surface area (Å²) >= 11 is 0. The van der Waals surface area contributed by atoms with E-state index in [0.717, 1.165) is 12.7 Å². The molecule has 76 valence electrons. The predicted molar refractivity (Wildman–Crippen MR) is 52.6 cm³/mol. The van der Waals surface area contributed by atoms with Crippen LogP contribution in [0.4, 0.5) is 0 Å². The molecule has 0 N–H and O–H groups in total. The van der Waals surface area contributed by atoms with Gasteiger partial charge in [0.15, 0.2) is 0 Å². The molecule has 0 amide bonds. The molecule has 1 atom stereocenters. The van der Waals surface area contributed by atoms with Crippen molar-refractivity contribution in [3.8, 4) is 0 Å². The smallest absolute Gasteiger partial charge is 0.302 e. The monoisotopic (exact) mass is 194 g/mol. The van der Waals surface area contributed by atoms with Crippen molar-refractivity contribution >= 4 is 12.3 Å². The second kappa shape index (κ2) is 4.74. The van der Waals surface area contributed by atoms with Gasteiger partial charge in [0, 0.05) is 12.8 Å². The molecule has 0 radical (unpaired) electrons. The highest BCUT2D eigenvalue weighted by Gasteiger charge is 2.18. The van der Waals surface area contributed by atoms with Crippen LogP contribution in [0.5, 0.6) is 0 Å². The van der Waals surface area contributed by atoms with Crippen molar-refractivity contribution in [1.29, 1.82) is 0 Å². The Morgan fingerprint density at radius 3 is 2.93 bits per heavy atom. The molecule has 1 unspecified atom stereocenters. The fourth-order valence-electron chi connectivity index (χ4n) is 1.46. The molecule has 0 aromatic carbocycles. The van der Waals surface area contributed by atoms with Gasteiger partial charge < -0.3 is 4.74 Å². The molecule has 1 aliphatic rings. The third kappa shape index (κ3) is 2.83. The average Bonchev–Trinajstić information content (AvgIpc) is 2.15. The van der Waals surface area contributed by atoms with Gasteiger partial charge in [-0.15, -0.1) is 0 Å². The number of carbonyl (C=O) groups excluding carboxylic acids is 2. The van der Waals surface area contributed by atoms with E-state index in [1.54, 1.807) is 6.08 Å². The third-order valence-corrected chi connectivity index (χ3v) is 2.22. The lowest BCUT2D eigenvalue weighted by atomic mass is 9.89. The second-order valence-corrected chi connectivity index (χ2v) is 3.50. The maximum absolute atomic E-state index is 10.7. The maximum atomic E-state index is 10.7. The minimum absolute atomic E-state index is 0.0291. The highest BCUT2D eigenvalue weighted by atomic mass is 16.5. The van der Waals surface area contributed by atoms with E-state index in [1.807, 2.05) is 13.0 Å². The topological polar surface area (TPSA) is 43.4 Å². The number of aldehydes is 1. The van der Waals surface area contributed by atoms with Crippen molar-refractivity contribution in [2.24, 2.45) is 5.92 Å². The molecule has 0 aliphatic heterocycles. The first-order valence-electron chi connectivity index (χ1n) is 4.59. The molecule has 3 heteroatoms. The Labute approximate surface area is 83.4 Å². The van der Waals surface area contributed by atoms with Crippen LogP contribution in [0.3, 0.4) is 0 Å². The van der Waals surface area contributed by atoms with Crippen molar-refractivity contribution in [2.45, 2.75) is 20.3 Å². The first-order valence-corrected chi connectivity index (χ1v) is 4.59. The van der Waals surface area contributed by atoms with E-state index in [9.17, 15) is 9.59 Å². The van der Waals surface area contributed by atoms with Gasteiger partial charge >= 0.3 is 5.97 Å². The number of hydrogen-bond donors (Lipinski definition) is 0. The van der Waals surface area contributed by atoms with E-state index in [1.165, 1.54) is 12.5 Å². The molecule has 0 aromatic rings. The summed E-state index contributed by atoms with van der Waals surface area (Å²) in [6.07, 6.45) is 5.34. The van der Waals surface area contributed by atoms with Gasteiger partial charge in [0.2, 0.25) is 0 Å². The van der Waals surface area contributed by atoms with Crippen LogP contribution in [-0.2, 0) is 14.3 Å². The lowest BCUT2D eigenvalue weighted by Crippen LogP contribution is -2.17. The Morgan fingerprint density at radius 2 is 2.36 bits per heavy atom. The summed E-state index contributed by atoms with van der Waals surface area (Å²) in [4.78, 5) is 21.3. The van der Waals surface area contributed by atoms with Gasteiger partial charge in [-0.2, -0.15) is 0 Å². The van der Waals surface area contributed by atoms with Crippen LogP contribution < -0.4 is 0 Å². The van der Waals surface area contributed by atoms with E-state index in [4.69, 9.17) is 4.74 Å². The highest BCUT2D eigenvalue weighted by Crippen LogP contribution is 2.23. The summed E-state index contributed by atoms with van der Waals surface area (Å²) in [5.74, 6) is -0.274. The number of rotatable bonds is 3. The zero-order valence-electron chi connectivity index (χ0n) is 8.45. The first kappa shape index (κ1) is 10.7. The van der Waals surface area contributed by atoms with Gasteiger partial charge in [-0.1, -0.05) is 17.7 Å². The summed E-state index contributed by atoms with van der Waals surface area (Å²) in [5.41, 5.74) is 1.91. The van der Waals surface area contributed by atoms with Gasteiger partial charge in [-0.05, 0) is 18.9 Å². The van der Waals surface area contributed by atoms with E-state index >= 15 is 0 Å². The molecule has 3 nitrogen and oxygen atoms in total. The van der Waals surface area contributed by atoms with Crippen LogP contribution in [-0.4, -0.2) is 18.9 Å². The lowest BCUT2D eigenvalue weighted by Gasteiger charge is -2.19. The largest absolute Gasteiger partial charge is 0.465 e. The Kier molecular flexibility index (Phi) is 3.63. The number of allylic oxidation sites excluding steroid dienone is 3. The molecule has 0 heterocycles.